The van der Waals surface area contributed by atoms with Crippen molar-refractivity contribution in [2.24, 2.45) is 5.73 Å². The van der Waals surface area contributed by atoms with E-state index in [4.69, 9.17) is 33.7 Å². The van der Waals surface area contributed by atoms with Crippen molar-refractivity contribution >= 4 is 62.3 Å². The molecule has 10 nitrogen and oxygen atoms in total. The lowest BCUT2D eigenvalue weighted by Gasteiger charge is -2.10. The van der Waals surface area contributed by atoms with Gasteiger partial charge < -0.3 is 15.8 Å². The maximum atomic E-state index is 13.8. The standard InChI is InChI=1S/C26H21Cl2F2N7O3S/c1-3-36-10-14(12(2)34-36)13-9-17(23(29)30)32-26-19(13)21(22(41-26)24(31)38)33-25(39)16-7-8-37(35-16)11-40-18-6-4-5-15(27)20(18)28/h4-10,23H,3,11H2,1-2H3,(H2,31,38)(H,33,39). The molecule has 0 aliphatic heterocycles. The minimum atomic E-state index is -2.87. The summed E-state index contributed by atoms with van der Waals surface area (Å²) in [7, 11) is 0. The fourth-order valence-electron chi connectivity index (χ4n) is 4.14. The van der Waals surface area contributed by atoms with Crippen molar-refractivity contribution in [3.63, 3.8) is 0 Å². The van der Waals surface area contributed by atoms with Gasteiger partial charge in [0.2, 0.25) is 0 Å². The van der Waals surface area contributed by atoms with E-state index in [1.165, 1.54) is 23.0 Å². The van der Waals surface area contributed by atoms with Crippen LogP contribution in [0.4, 0.5) is 14.5 Å². The van der Waals surface area contributed by atoms with Gasteiger partial charge in [-0.3, -0.25) is 14.3 Å². The number of nitrogens with zero attached hydrogens (tertiary/aromatic N) is 5. The first-order valence-corrected chi connectivity index (χ1v) is 13.7. The molecule has 212 valence electrons. The third-order valence-electron chi connectivity index (χ3n) is 6.07. The monoisotopic (exact) mass is 619 g/mol. The van der Waals surface area contributed by atoms with Crippen molar-refractivity contribution in [2.45, 2.75) is 33.5 Å². The van der Waals surface area contributed by atoms with Gasteiger partial charge >= 0.3 is 0 Å². The number of pyridine rings is 1. The summed E-state index contributed by atoms with van der Waals surface area (Å²) in [5.41, 5.74) is 6.64. The fourth-order valence-corrected chi connectivity index (χ4v) is 5.50. The number of alkyl halides is 2. The predicted molar refractivity (Wildman–Crippen MR) is 152 cm³/mol. The predicted octanol–water partition coefficient (Wildman–Crippen LogP) is 6.32. The lowest BCUT2D eigenvalue weighted by atomic mass is 10.0. The molecule has 0 radical (unpaired) electrons. The summed E-state index contributed by atoms with van der Waals surface area (Å²) in [5.74, 6) is -1.19. The van der Waals surface area contributed by atoms with Crippen molar-refractivity contribution in [3.05, 3.63) is 74.7 Å². The molecular weight excluding hydrogens is 599 g/mol. The first-order valence-electron chi connectivity index (χ1n) is 12.1. The zero-order valence-electron chi connectivity index (χ0n) is 21.5. The molecule has 0 saturated carbocycles. The number of nitrogens with one attached hydrogen (secondary N) is 1. The van der Waals surface area contributed by atoms with Crippen LogP contribution in [0.3, 0.4) is 0 Å². The molecule has 1 aromatic carbocycles. The molecule has 5 rings (SSSR count). The summed E-state index contributed by atoms with van der Waals surface area (Å²) in [6, 6.07) is 7.61. The second-order valence-corrected chi connectivity index (χ2v) is 10.5. The minimum absolute atomic E-state index is 0.00532. The maximum Gasteiger partial charge on any atom is 0.280 e. The van der Waals surface area contributed by atoms with Crippen molar-refractivity contribution in [2.75, 3.05) is 5.32 Å². The second kappa shape index (κ2) is 11.4. The molecule has 0 fully saturated rings. The van der Waals surface area contributed by atoms with Gasteiger partial charge in [-0.25, -0.2) is 18.4 Å². The molecule has 3 N–H and O–H groups in total. The normalized spacial score (nSPS) is 11.4. The lowest BCUT2D eigenvalue weighted by Crippen LogP contribution is -2.18. The number of halogens is 4. The third-order valence-corrected chi connectivity index (χ3v) is 7.97. The number of hydrogen-bond donors (Lipinski definition) is 2. The Hall–Kier alpha value is -4.07. The molecule has 2 amide bonds. The van der Waals surface area contributed by atoms with E-state index in [-0.39, 0.29) is 32.8 Å². The first-order chi connectivity index (χ1) is 19.6. The Morgan fingerprint density at radius 2 is 1.95 bits per heavy atom. The van der Waals surface area contributed by atoms with Gasteiger partial charge in [0.1, 0.15) is 26.2 Å². The molecule has 0 saturated heterocycles. The number of ether oxygens (including phenoxy) is 1. The number of nitrogens with two attached hydrogens (primary N) is 1. The summed E-state index contributed by atoms with van der Waals surface area (Å²) in [5, 5.41) is 12.2. The van der Waals surface area contributed by atoms with E-state index < -0.39 is 23.9 Å². The third kappa shape index (κ3) is 5.60. The molecule has 0 unspecified atom stereocenters. The van der Waals surface area contributed by atoms with Gasteiger partial charge in [0.05, 0.1) is 16.4 Å². The van der Waals surface area contributed by atoms with Crippen LogP contribution in [-0.2, 0) is 13.3 Å². The summed E-state index contributed by atoms with van der Waals surface area (Å²) in [6.07, 6.45) is 0.351. The van der Waals surface area contributed by atoms with Crippen LogP contribution in [0.2, 0.25) is 10.0 Å². The zero-order chi connectivity index (χ0) is 29.4. The summed E-state index contributed by atoms with van der Waals surface area (Å²) < 4.78 is 36.3. The Kier molecular flexibility index (Phi) is 7.93. The summed E-state index contributed by atoms with van der Waals surface area (Å²) in [4.78, 5) is 29.8. The number of aromatic nitrogens is 5. The number of carbonyl (C=O) groups is 2. The molecule has 5 aromatic rings. The Labute approximate surface area is 245 Å². The SMILES string of the molecule is CCn1cc(-c2cc(C(F)F)nc3sc(C(N)=O)c(NC(=O)c4ccn(COc5cccc(Cl)c5Cl)n4)c23)c(C)n1. The summed E-state index contributed by atoms with van der Waals surface area (Å²) >= 11 is 13.0. The van der Waals surface area contributed by atoms with Gasteiger partial charge in [0.25, 0.3) is 18.2 Å². The Morgan fingerprint density at radius 1 is 1.17 bits per heavy atom. The number of benzene rings is 1. The molecule has 4 heterocycles. The van der Waals surface area contributed by atoms with E-state index in [1.54, 1.807) is 36.0 Å². The highest BCUT2D eigenvalue weighted by Gasteiger charge is 2.27. The number of rotatable bonds is 9. The second-order valence-electron chi connectivity index (χ2n) is 8.75. The molecule has 0 spiro atoms. The molecule has 0 aliphatic carbocycles. The number of thiophene rings is 1. The Bertz CT molecular complexity index is 1800. The van der Waals surface area contributed by atoms with Crippen LogP contribution in [0.25, 0.3) is 21.3 Å². The minimum Gasteiger partial charge on any atom is -0.470 e. The van der Waals surface area contributed by atoms with Crippen LogP contribution in [0.5, 0.6) is 5.75 Å². The highest BCUT2D eigenvalue weighted by atomic mass is 35.5. The van der Waals surface area contributed by atoms with E-state index in [0.29, 0.717) is 39.5 Å². The van der Waals surface area contributed by atoms with Gasteiger partial charge in [0, 0.05) is 29.9 Å². The van der Waals surface area contributed by atoms with Gasteiger partial charge in [-0.15, -0.1) is 11.3 Å². The Morgan fingerprint density at radius 3 is 2.63 bits per heavy atom. The molecule has 15 heteroatoms. The number of aryl methyl sites for hydroxylation is 2. The lowest BCUT2D eigenvalue weighted by molar-refractivity contribution is 0.100. The van der Waals surface area contributed by atoms with Gasteiger partial charge in [0.15, 0.2) is 12.4 Å². The molecule has 0 aliphatic rings. The van der Waals surface area contributed by atoms with Crippen LogP contribution in [-0.4, -0.2) is 36.4 Å². The van der Waals surface area contributed by atoms with Gasteiger partial charge in [-0.1, -0.05) is 29.3 Å². The highest BCUT2D eigenvalue weighted by Crippen LogP contribution is 2.43. The van der Waals surface area contributed by atoms with Crippen LogP contribution in [0.15, 0.2) is 42.7 Å². The first kappa shape index (κ1) is 28.5. The topological polar surface area (TPSA) is 130 Å². The van der Waals surface area contributed by atoms with E-state index in [9.17, 15) is 18.4 Å². The smallest absolute Gasteiger partial charge is 0.280 e. The zero-order valence-corrected chi connectivity index (χ0v) is 23.8. The highest BCUT2D eigenvalue weighted by molar-refractivity contribution is 7.21. The average molecular weight is 620 g/mol. The molecule has 0 bridgehead atoms. The van der Waals surface area contributed by atoms with E-state index >= 15 is 0 Å². The molecule has 41 heavy (non-hydrogen) atoms. The van der Waals surface area contributed by atoms with E-state index in [2.05, 4.69) is 20.5 Å². The Balaban J connectivity index is 1.52. The van der Waals surface area contributed by atoms with Gasteiger partial charge in [-0.05, 0) is 43.7 Å². The summed E-state index contributed by atoms with van der Waals surface area (Å²) in [6.45, 7) is 4.09. The number of hydrogen-bond acceptors (Lipinski definition) is 7. The van der Waals surface area contributed by atoms with Crippen LogP contribution in [0.1, 0.15) is 44.9 Å². The quantitative estimate of drug-likeness (QED) is 0.199. The number of fused-ring (bicyclic) bond motifs is 1. The van der Waals surface area contributed by atoms with Crippen LogP contribution >= 0.6 is 34.5 Å². The van der Waals surface area contributed by atoms with E-state index in [1.807, 2.05) is 6.92 Å². The van der Waals surface area contributed by atoms with Crippen molar-refractivity contribution < 1.29 is 23.1 Å². The number of anilines is 1. The average Bonchev–Trinajstić information content (AvgIpc) is 3.66. The van der Waals surface area contributed by atoms with Crippen molar-refractivity contribution in [1.82, 2.24) is 24.5 Å². The van der Waals surface area contributed by atoms with Crippen LogP contribution in [0, 0.1) is 6.92 Å². The number of amides is 2. The number of carbonyl (C=O) groups excluding carboxylic acids is 2. The maximum absolute atomic E-state index is 13.8. The molecule has 4 aromatic heterocycles. The van der Waals surface area contributed by atoms with Crippen molar-refractivity contribution in [1.29, 1.82) is 0 Å². The largest absolute Gasteiger partial charge is 0.470 e. The van der Waals surface area contributed by atoms with E-state index in [0.717, 1.165) is 11.3 Å². The molecule has 0 atom stereocenters. The van der Waals surface area contributed by atoms with Gasteiger partial charge in [-0.2, -0.15) is 10.2 Å². The van der Waals surface area contributed by atoms with Crippen molar-refractivity contribution in [3.8, 4) is 16.9 Å². The fraction of sp³-hybridized carbons (Fsp3) is 0.192. The molecular formula is C26H21Cl2F2N7O3S. The van der Waals surface area contributed by atoms with Crippen LogP contribution < -0.4 is 15.8 Å². The number of primary amides is 1.